The van der Waals surface area contributed by atoms with E-state index in [1.807, 2.05) is 0 Å². The molecule has 0 saturated carbocycles. The molecule has 0 aliphatic rings. The van der Waals surface area contributed by atoms with Gasteiger partial charge in [-0.25, -0.2) is 0 Å². The lowest BCUT2D eigenvalue weighted by Gasteiger charge is -2.19. The van der Waals surface area contributed by atoms with Crippen molar-refractivity contribution in [3.63, 3.8) is 0 Å². The van der Waals surface area contributed by atoms with Crippen LogP contribution in [0.4, 0.5) is 0 Å². The Morgan fingerprint density at radius 1 is 1.38 bits per heavy atom. The van der Waals surface area contributed by atoms with Gasteiger partial charge in [0.2, 0.25) is 0 Å². The van der Waals surface area contributed by atoms with Gasteiger partial charge in [0.05, 0.1) is 0 Å². The molecular weight excluding hydrogens is 262 g/mol. The quantitative estimate of drug-likeness (QED) is 0.841. The molecule has 0 amide bonds. The molecular formula is C14H22BrN. The summed E-state index contributed by atoms with van der Waals surface area (Å²) in [7, 11) is 0. The Balaban J connectivity index is 2.72. The normalized spacial score (nSPS) is 14.8. The van der Waals surface area contributed by atoms with Crippen LogP contribution in [0.15, 0.2) is 22.7 Å². The first kappa shape index (κ1) is 13.7. The highest BCUT2D eigenvalue weighted by Gasteiger charge is 2.12. The van der Waals surface area contributed by atoms with Gasteiger partial charge in [-0.05, 0) is 42.5 Å². The molecule has 2 heteroatoms. The van der Waals surface area contributed by atoms with Gasteiger partial charge < -0.3 is 5.73 Å². The molecule has 16 heavy (non-hydrogen) atoms. The first-order chi connectivity index (χ1) is 7.54. The van der Waals surface area contributed by atoms with Crippen LogP contribution in [0.3, 0.4) is 0 Å². The minimum absolute atomic E-state index is 0.166. The van der Waals surface area contributed by atoms with Crippen molar-refractivity contribution >= 4 is 15.9 Å². The summed E-state index contributed by atoms with van der Waals surface area (Å²) in [6, 6.07) is 6.52. The summed E-state index contributed by atoms with van der Waals surface area (Å²) in [5.41, 5.74) is 8.84. The van der Waals surface area contributed by atoms with Crippen LogP contribution < -0.4 is 5.73 Å². The highest BCUT2D eigenvalue weighted by atomic mass is 79.9. The van der Waals surface area contributed by atoms with Crippen molar-refractivity contribution in [2.75, 3.05) is 0 Å². The molecule has 2 atom stereocenters. The maximum atomic E-state index is 6.28. The molecule has 0 heterocycles. The number of rotatable bonds is 5. The molecule has 2 N–H and O–H groups in total. The monoisotopic (exact) mass is 283 g/mol. The molecule has 0 aromatic heterocycles. The zero-order chi connectivity index (χ0) is 12.1. The van der Waals surface area contributed by atoms with Crippen molar-refractivity contribution in [3.05, 3.63) is 33.8 Å². The predicted octanol–water partition coefficient (Wildman–Crippen LogP) is 4.58. The van der Waals surface area contributed by atoms with Gasteiger partial charge in [-0.1, -0.05) is 48.7 Å². The van der Waals surface area contributed by atoms with Crippen LogP contribution in [0.1, 0.15) is 50.3 Å². The molecule has 0 aliphatic heterocycles. The van der Waals surface area contributed by atoms with Crippen LogP contribution in [0.2, 0.25) is 0 Å². The van der Waals surface area contributed by atoms with E-state index in [2.05, 4.69) is 54.9 Å². The summed E-state index contributed by atoms with van der Waals surface area (Å²) in [6.07, 6.45) is 3.58. The Hall–Kier alpha value is -0.340. The summed E-state index contributed by atoms with van der Waals surface area (Å²) in [4.78, 5) is 0. The fourth-order valence-electron chi connectivity index (χ4n) is 2.18. The number of halogens is 1. The number of aryl methyl sites for hydroxylation is 1. The molecule has 1 aromatic carbocycles. The van der Waals surface area contributed by atoms with E-state index >= 15 is 0 Å². The minimum atomic E-state index is 0.166. The maximum Gasteiger partial charge on any atom is 0.0300 e. The Labute approximate surface area is 108 Å². The van der Waals surface area contributed by atoms with Gasteiger partial charge in [0, 0.05) is 10.5 Å². The average molecular weight is 284 g/mol. The van der Waals surface area contributed by atoms with Gasteiger partial charge in [0.1, 0.15) is 0 Å². The highest BCUT2D eigenvalue weighted by molar-refractivity contribution is 9.10. The predicted molar refractivity (Wildman–Crippen MR) is 74.5 cm³/mol. The van der Waals surface area contributed by atoms with Crippen LogP contribution in [-0.4, -0.2) is 0 Å². The zero-order valence-electron chi connectivity index (χ0n) is 10.5. The van der Waals surface area contributed by atoms with Gasteiger partial charge in [0.25, 0.3) is 0 Å². The van der Waals surface area contributed by atoms with Crippen LogP contribution in [0, 0.1) is 12.8 Å². The van der Waals surface area contributed by atoms with Crippen molar-refractivity contribution in [1.29, 1.82) is 0 Å². The Kier molecular flexibility index (Phi) is 5.50. The van der Waals surface area contributed by atoms with E-state index < -0.39 is 0 Å². The summed E-state index contributed by atoms with van der Waals surface area (Å²) < 4.78 is 1.12. The second-order valence-corrected chi connectivity index (χ2v) is 5.65. The van der Waals surface area contributed by atoms with Gasteiger partial charge in [-0.2, -0.15) is 0 Å². The number of nitrogens with two attached hydrogens (primary N) is 1. The van der Waals surface area contributed by atoms with E-state index in [1.54, 1.807) is 0 Å². The molecule has 0 spiro atoms. The molecule has 1 rings (SSSR count). The van der Waals surface area contributed by atoms with Gasteiger partial charge in [-0.15, -0.1) is 0 Å². The lowest BCUT2D eigenvalue weighted by atomic mass is 9.91. The van der Waals surface area contributed by atoms with Crippen molar-refractivity contribution in [2.24, 2.45) is 11.7 Å². The largest absolute Gasteiger partial charge is 0.324 e. The summed E-state index contributed by atoms with van der Waals surface area (Å²) >= 11 is 3.51. The summed E-state index contributed by atoms with van der Waals surface area (Å²) in [5, 5.41) is 0. The van der Waals surface area contributed by atoms with E-state index in [-0.39, 0.29) is 6.04 Å². The van der Waals surface area contributed by atoms with Crippen molar-refractivity contribution in [1.82, 2.24) is 0 Å². The third-order valence-electron chi connectivity index (χ3n) is 3.08. The van der Waals surface area contributed by atoms with E-state index in [1.165, 1.54) is 24.0 Å². The second-order valence-electron chi connectivity index (χ2n) is 4.74. The first-order valence-electron chi connectivity index (χ1n) is 6.06. The standard InChI is InChI=1S/C14H22BrN/c1-4-5-10(2)8-14(16)13-9-12(15)7-6-11(13)3/h6-7,9-10,14H,4-5,8,16H2,1-3H3. The molecule has 0 aliphatic carbocycles. The number of benzene rings is 1. The molecule has 0 saturated heterocycles. The molecule has 90 valence electrons. The smallest absolute Gasteiger partial charge is 0.0300 e. The number of hydrogen-bond acceptors (Lipinski definition) is 1. The third kappa shape index (κ3) is 3.91. The Morgan fingerprint density at radius 2 is 2.06 bits per heavy atom. The fraction of sp³-hybridized carbons (Fsp3) is 0.571. The average Bonchev–Trinajstić information content (AvgIpc) is 2.21. The number of hydrogen-bond donors (Lipinski definition) is 1. The highest BCUT2D eigenvalue weighted by Crippen LogP contribution is 2.26. The lowest BCUT2D eigenvalue weighted by Crippen LogP contribution is -2.15. The van der Waals surface area contributed by atoms with E-state index in [0.29, 0.717) is 5.92 Å². The second kappa shape index (κ2) is 6.41. The van der Waals surface area contributed by atoms with Crippen molar-refractivity contribution in [2.45, 2.75) is 46.1 Å². The minimum Gasteiger partial charge on any atom is -0.324 e. The molecule has 1 nitrogen and oxygen atoms in total. The van der Waals surface area contributed by atoms with E-state index in [0.717, 1.165) is 10.9 Å². The summed E-state index contributed by atoms with van der Waals surface area (Å²) in [5.74, 6) is 0.707. The van der Waals surface area contributed by atoms with Gasteiger partial charge >= 0.3 is 0 Å². The van der Waals surface area contributed by atoms with E-state index in [4.69, 9.17) is 5.73 Å². The lowest BCUT2D eigenvalue weighted by molar-refractivity contribution is 0.439. The summed E-state index contributed by atoms with van der Waals surface area (Å²) in [6.45, 7) is 6.65. The van der Waals surface area contributed by atoms with Gasteiger partial charge in [0.15, 0.2) is 0 Å². The van der Waals surface area contributed by atoms with Crippen LogP contribution in [0.5, 0.6) is 0 Å². The molecule has 1 aromatic rings. The zero-order valence-corrected chi connectivity index (χ0v) is 12.0. The maximum absolute atomic E-state index is 6.28. The van der Waals surface area contributed by atoms with Crippen molar-refractivity contribution < 1.29 is 0 Å². The van der Waals surface area contributed by atoms with Crippen LogP contribution in [-0.2, 0) is 0 Å². The Morgan fingerprint density at radius 3 is 2.69 bits per heavy atom. The van der Waals surface area contributed by atoms with Crippen molar-refractivity contribution in [3.8, 4) is 0 Å². The molecule has 2 unspecified atom stereocenters. The van der Waals surface area contributed by atoms with Gasteiger partial charge in [-0.3, -0.25) is 0 Å². The molecule has 0 bridgehead atoms. The first-order valence-corrected chi connectivity index (χ1v) is 6.85. The SMILES string of the molecule is CCCC(C)CC(N)c1cc(Br)ccc1C. The molecule has 0 radical (unpaired) electrons. The Bertz CT molecular complexity index is 336. The van der Waals surface area contributed by atoms with E-state index in [9.17, 15) is 0 Å². The topological polar surface area (TPSA) is 26.0 Å². The molecule has 0 fully saturated rings. The van der Waals surface area contributed by atoms with Crippen LogP contribution in [0.25, 0.3) is 0 Å². The fourth-order valence-corrected chi connectivity index (χ4v) is 2.56. The third-order valence-corrected chi connectivity index (χ3v) is 3.57. The van der Waals surface area contributed by atoms with Crippen LogP contribution >= 0.6 is 15.9 Å².